The first kappa shape index (κ1) is 15.4. The van der Waals surface area contributed by atoms with Gasteiger partial charge in [-0.1, -0.05) is 18.2 Å². The van der Waals surface area contributed by atoms with Crippen molar-refractivity contribution in [1.82, 2.24) is 4.98 Å². The standard InChI is InChI=1S/C19H15N3O3/c23-22(24)14-7-5-13(6-8-14)11-20-19-15-3-1-2-4-17(15)21-18-9-10-25-12-16(18)19/h1-8,11H,9-10,12H2. The molecule has 0 radical (unpaired) electrons. The van der Waals surface area contributed by atoms with Crippen LogP contribution in [-0.2, 0) is 17.8 Å². The van der Waals surface area contributed by atoms with Gasteiger partial charge in [-0.2, -0.15) is 0 Å². The Labute approximate surface area is 144 Å². The summed E-state index contributed by atoms with van der Waals surface area (Å²) in [5.41, 5.74) is 4.69. The lowest BCUT2D eigenvalue weighted by atomic mass is 10.0. The van der Waals surface area contributed by atoms with Crippen LogP contribution in [0.5, 0.6) is 0 Å². The second-order valence-corrected chi connectivity index (χ2v) is 5.81. The summed E-state index contributed by atoms with van der Waals surface area (Å²) >= 11 is 0. The highest BCUT2D eigenvalue weighted by atomic mass is 16.6. The minimum absolute atomic E-state index is 0.0669. The minimum Gasteiger partial charge on any atom is -0.376 e. The Hall–Kier alpha value is -3.12. The van der Waals surface area contributed by atoms with Gasteiger partial charge >= 0.3 is 0 Å². The maximum Gasteiger partial charge on any atom is 0.269 e. The average Bonchev–Trinajstić information content (AvgIpc) is 2.65. The molecule has 0 saturated heterocycles. The van der Waals surface area contributed by atoms with Crippen LogP contribution in [0.4, 0.5) is 11.4 Å². The molecule has 6 heteroatoms. The summed E-state index contributed by atoms with van der Waals surface area (Å²) in [6, 6.07) is 14.2. The SMILES string of the molecule is O=[N+]([O-])c1ccc(C=Nc2c3c(nc4ccccc24)CCOC3)cc1. The lowest BCUT2D eigenvalue weighted by Gasteiger charge is -2.19. The Morgan fingerprint density at radius 2 is 1.96 bits per heavy atom. The molecule has 124 valence electrons. The molecule has 6 nitrogen and oxygen atoms in total. The largest absolute Gasteiger partial charge is 0.376 e. The van der Waals surface area contributed by atoms with Crippen molar-refractivity contribution in [2.75, 3.05) is 6.61 Å². The monoisotopic (exact) mass is 333 g/mol. The van der Waals surface area contributed by atoms with Crippen molar-refractivity contribution < 1.29 is 9.66 Å². The molecular weight excluding hydrogens is 318 g/mol. The fourth-order valence-electron chi connectivity index (χ4n) is 2.95. The number of rotatable bonds is 3. The van der Waals surface area contributed by atoms with Crippen molar-refractivity contribution in [2.45, 2.75) is 13.0 Å². The second kappa shape index (κ2) is 6.41. The van der Waals surface area contributed by atoms with Gasteiger partial charge in [0.25, 0.3) is 5.69 Å². The van der Waals surface area contributed by atoms with Gasteiger partial charge in [0.2, 0.25) is 0 Å². The van der Waals surface area contributed by atoms with E-state index in [1.807, 2.05) is 24.3 Å². The number of aromatic nitrogens is 1. The predicted octanol–water partition coefficient (Wildman–Crippen LogP) is 3.97. The molecule has 3 aromatic rings. The summed E-state index contributed by atoms with van der Waals surface area (Å²) in [5, 5.41) is 11.7. The zero-order chi connectivity index (χ0) is 17.2. The van der Waals surface area contributed by atoms with Crippen LogP contribution in [0.3, 0.4) is 0 Å². The highest BCUT2D eigenvalue weighted by molar-refractivity contribution is 5.95. The van der Waals surface area contributed by atoms with Gasteiger partial charge in [0.05, 0.1) is 35.0 Å². The molecule has 0 bridgehead atoms. The van der Waals surface area contributed by atoms with Gasteiger partial charge in [-0.15, -0.1) is 0 Å². The van der Waals surface area contributed by atoms with Gasteiger partial charge in [0.1, 0.15) is 0 Å². The van der Waals surface area contributed by atoms with Crippen LogP contribution in [0.15, 0.2) is 53.5 Å². The maximum absolute atomic E-state index is 10.7. The molecule has 0 N–H and O–H groups in total. The summed E-state index contributed by atoms with van der Waals surface area (Å²) < 4.78 is 5.59. The van der Waals surface area contributed by atoms with E-state index in [-0.39, 0.29) is 5.69 Å². The Kier molecular flexibility index (Phi) is 3.95. The molecule has 1 aromatic heterocycles. The summed E-state index contributed by atoms with van der Waals surface area (Å²) in [4.78, 5) is 19.7. The number of aliphatic imine (C=N–C) groups is 1. The quantitative estimate of drug-likeness (QED) is 0.413. The topological polar surface area (TPSA) is 77.6 Å². The summed E-state index contributed by atoms with van der Waals surface area (Å²) in [7, 11) is 0. The number of hydrogen-bond acceptors (Lipinski definition) is 5. The number of non-ortho nitro benzene ring substituents is 1. The van der Waals surface area contributed by atoms with Crippen molar-refractivity contribution in [3.05, 3.63) is 75.5 Å². The van der Waals surface area contributed by atoms with Crippen LogP contribution in [0.25, 0.3) is 10.9 Å². The van der Waals surface area contributed by atoms with Gasteiger partial charge in [-0.25, -0.2) is 0 Å². The summed E-state index contributed by atoms with van der Waals surface area (Å²) in [6.07, 6.45) is 2.50. The Bertz CT molecular complexity index is 981. The van der Waals surface area contributed by atoms with Crippen molar-refractivity contribution in [1.29, 1.82) is 0 Å². The third-order valence-electron chi connectivity index (χ3n) is 4.23. The highest BCUT2D eigenvalue weighted by Crippen LogP contribution is 2.33. The molecule has 0 aliphatic carbocycles. The lowest BCUT2D eigenvalue weighted by molar-refractivity contribution is -0.384. The molecular formula is C19H15N3O3. The molecule has 2 heterocycles. The number of hydrogen-bond donors (Lipinski definition) is 0. The summed E-state index contributed by atoms with van der Waals surface area (Å²) in [6.45, 7) is 1.17. The first-order valence-corrected chi connectivity index (χ1v) is 7.99. The van der Waals surface area contributed by atoms with E-state index in [0.717, 1.165) is 39.8 Å². The molecule has 1 aliphatic heterocycles. The third kappa shape index (κ3) is 2.99. The average molecular weight is 333 g/mol. The summed E-state index contributed by atoms with van der Waals surface area (Å²) in [5.74, 6) is 0. The van der Waals surface area contributed by atoms with E-state index in [1.165, 1.54) is 12.1 Å². The fourth-order valence-corrected chi connectivity index (χ4v) is 2.95. The minimum atomic E-state index is -0.412. The fraction of sp³-hybridized carbons (Fsp3) is 0.158. The molecule has 0 fully saturated rings. The van der Waals surface area contributed by atoms with Crippen molar-refractivity contribution in [3.8, 4) is 0 Å². The van der Waals surface area contributed by atoms with Gasteiger partial charge in [0, 0.05) is 35.7 Å². The molecule has 0 atom stereocenters. The third-order valence-corrected chi connectivity index (χ3v) is 4.23. The normalized spacial score (nSPS) is 13.9. The second-order valence-electron chi connectivity index (χ2n) is 5.81. The van der Waals surface area contributed by atoms with E-state index < -0.39 is 4.92 Å². The molecule has 2 aromatic carbocycles. The Morgan fingerprint density at radius 3 is 2.76 bits per heavy atom. The van der Waals surface area contributed by atoms with Gasteiger partial charge in [-0.3, -0.25) is 20.1 Å². The Balaban J connectivity index is 1.78. The van der Waals surface area contributed by atoms with Crippen LogP contribution < -0.4 is 0 Å². The zero-order valence-corrected chi connectivity index (χ0v) is 13.4. The van der Waals surface area contributed by atoms with E-state index in [1.54, 1.807) is 18.3 Å². The van der Waals surface area contributed by atoms with E-state index in [9.17, 15) is 10.1 Å². The highest BCUT2D eigenvalue weighted by Gasteiger charge is 2.17. The molecule has 25 heavy (non-hydrogen) atoms. The van der Waals surface area contributed by atoms with Crippen molar-refractivity contribution >= 4 is 28.5 Å². The van der Waals surface area contributed by atoms with Crippen LogP contribution in [0, 0.1) is 10.1 Å². The number of para-hydroxylation sites is 1. The predicted molar refractivity (Wildman–Crippen MR) is 95.5 cm³/mol. The number of ether oxygens (including phenoxy) is 1. The van der Waals surface area contributed by atoms with Gasteiger partial charge in [0.15, 0.2) is 0 Å². The first-order chi connectivity index (χ1) is 12.2. The van der Waals surface area contributed by atoms with Crippen molar-refractivity contribution in [2.24, 2.45) is 4.99 Å². The van der Waals surface area contributed by atoms with E-state index in [4.69, 9.17) is 9.72 Å². The van der Waals surface area contributed by atoms with Gasteiger partial charge in [-0.05, 0) is 23.8 Å². The first-order valence-electron chi connectivity index (χ1n) is 7.99. The molecule has 0 saturated carbocycles. The molecule has 0 amide bonds. The van der Waals surface area contributed by atoms with Crippen LogP contribution in [0.1, 0.15) is 16.8 Å². The van der Waals surface area contributed by atoms with Crippen LogP contribution in [-0.4, -0.2) is 22.7 Å². The van der Waals surface area contributed by atoms with E-state index in [0.29, 0.717) is 13.2 Å². The lowest BCUT2D eigenvalue weighted by Crippen LogP contribution is -2.12. The molecule has 4 rings (SSSR count). The number of nitro benzene ring substituents is 1. The van der Waals surface area contributed by atoms with Crippen LogP contribution >= 0.6 is 0 Å². The zero-order valence-electron chi connectivity index (χ0n) is 13.4. The van der Waals surface area contributed by atoms with Crippen molar-refractivity contribution in [3.63, 3.8) is 0 Å². The van der Waals surface area contributed by atoms with Gasteiger partial charge < -0.3 is 4.74 Å². The van der Waals surface area contributed by atoms with E-state index >= 15 is 0 Å². The molecule has 0 spiro atoms. The Morgan fingerprint density at radius 1 is 1.16 bits per heavy atom. The molecule has 1 aliphatic rings. The number of nitro groups is 1. The maximum atomic E-state index is 10.7. The number of pyridine rings is 1. The van der Waals surface area contributed by atoms with E-state index in [2.05, 4.69) is 4.99 Å². The number of nitrogens with zero attached hydrogens (tertiary/aromatic N) is 3. The number of benzene rings is 2. The van der Waals surface area contributed by atoms with Crippen LogP contribution in [0.2, 0.25) is 0 Å². The molecule has 0 unspecified atom stereocenters. The number of fused-ring (bicyclic) bond motifs is 2. The smallest absolute Gasteiger partial charge is 0.269 e.